The standard InChI is InChI=1S/C6H11.3CO.Mn/c1-6-4-2-3-5-6;3*1-2;/h2-5H2,1H3;;;;. The molecule has 0 unspecified atom stereocenters. The van der Waals surface area contributed by atoms with E-state index in [4.69, 9.17) is 14.4 Å². The molecule has 0 aromatic heterocycles. The van der Waals surface area contributed by atoms with Gasteiger partial charge in [-0.2, -0.15) is 0 Å². The summed E-state index contributed by atoms with van der Waals surface area (Å²) in [5.41, 5.74) is 0. The summed E-state index contributed by atoms with van der Waals surface area (Å²) in [6, 6.07) is 0. The fourth-order valence-corrected chi connectivity index (χ4v) is 1.53. The Labute approximate surface area is 88.1 Å². The smallest absolute Gasteiger partial charge is 0.281 e. The normalized spacial score (nSPS) is 16.2. The summed E-state index contributed by atoms with van der Waals surface area (Å²) in [6.45, 7) is 15.8. The Hall–Kier alpha value is -0.471. The first-order chi connectivity index (χ1) is 6.21. The van der Waals surface area contributed by atoms with Crippen molar-refractivity contribution in [3.05, 3.63) is 0 Å². The van der Waals surface area contributed by atoms with Gasteiger partial charge >= 0.3 is 52.9 Å². The van der Waals surface area contributed by atoms with Crippen molar-refractivity contribution in [1.82, 2.24) is 0 Å². The molecule has 0 spiro atoms. The van der Waals surface area contributed by atoms with Crippen LogP contribution in [0.1, 0.15) is 32.6 Å². The summed E-state index contributed by atoms with van der Waals surface area (Å²) in [5, 5.41) is 0. The maximum atomic E-state index is 7.50. The van der Waals surface area contributed by atoms with Gasteiger partial charge in [0.05, 0.1) is 0 Å². The maximum Gasteiger partial charge on any atom is 0.281 e. The van der Waals surface area contributed by atoms with Gasteiger partial charge in [0.15, 0.2) is 0 Å². The summed E-state index contributed by atoms with van der Waals surface area (Å²) in [6.07, 6.45) is 5.57. The van der Waals surface area contributed by atoms with E-state index in [9.17, 15) is 0 Å². The molecule has 0 saturated heterocycles. The van der Waals surface area contributed by atoms with Crippen molar-refractivity contribution in [2.24, 2.45) is 0 Å². The van der Waals surface area contributed by atoms with Gasteiger partial charge in [-0.25, -0.2) is 0 Å². The molecule has 1 aliphatic rings. The van der Waals surface area contributed by atoms with Crippen LogP contribution in [0.4, 0.5) is 0 Å². The number of rotatable bonds is 0. The first kappa shape index (κ1) is 18.3. The van der Waals surface area contributed by atoms with Gasteiger partial charge in [-0.1, -0.05) is 0 Å². The van der Waals surface area contributed by atoms with E-state index < -0.39 is 0 Å². The molecule has 0 atom stereocenters. The Morgan fingerprint density at radius 2 is 1.15 bits per heavy atom. The van der Waals surface area contributed by atoms with Crippen LogP contribution < -0.4 is 0 Å². The van der Waals surface area contributed by atoms with E-state index in [1.807, 2.05) is 0 Å². The summed E-state index contributed by atoms with van der Waals surface area (Å²) >= 11 is 3.64. The van der Waals surface area contributed by atoms with Crippen LogP contribution in [0.15, 0.2) is 0 Å². The summed E-state index contributed by atoms with van der Waals surface area (Å²) < 4.78 is 0.507. The van der Waals surface area contributed by atoms with Gasteiger partial charge in [-0.15, -0.1) is 0 Å². The van der Waals surface area contributed by atoms with Crippen molar-refractivity contribution in [2.75, 3.05) is 0 Å². The monoisotopic (exact) mass is 222 g/mol. The molecule has 1 fully saturated rings. The molecule has 13 heavy (non-hydrogen) atoms. The summed E-state index contributed by atoms with van der Waals surface area (Å²) in [4.78, 5) is 22.5. The van der Waals surface area contributed by atoms with Crippen LogP contribution in [-0.4, -0.2) is 20.4 Å². The molecule has 0 aliphatic heterocycles. The van der Waals surface area contributed by atoms with Gasteiger partial charge in [-0.3, -0.25) is 14.4 Å². The van der Waals surface area contributed by atoms with Crippen LogP contribution in [0.25, 0.3) is 0 Å². The van der Waals surface area contributed by atoms with Gasteiger partial charge in [-0.05, 0) is 0 Å². The Kier molecular flexibility index (Phi) is 19.9. The number of carbonyl (C=O) groups excluding carboxylic acids is 3. The molecule has 3 nitrogen and oxygen atoms in total. The molecule has 0 N–H and O–H groups in total. The molecule has 0 bridgehead atoms. The Bertz CT molecular complexity index is 94.3. The van der Waals surface area contributed by atoms with Crippen LogP contribution in [0, 0.1) is 0 Å². The van der Waals surface area contributed by atoms with Crippen molar-refractivity contribution in [2.45, 2.75) is 36.9 Å². The van der Waals surface area contributed by atoms with Crippen LogP contribution in [0.2, 0.25) is 4.31 Å². The molecule has 72 valence electrons. The van der Waals surface area contributed by atoms with Crippen molar-refractivity contribution >= 4 is 20.4 Å². The SMILES string of the molecule is C[C]1([Mn])CCCC1.[C]=O.[C]=O.[C]=O. The van der Waals surface area contributed by atoms with Crippen molar-refractivity contribution in [3.63, 3.8) is 0 Å². The van der Waals surface area contributed by atoms with Gasteiger partial charge in [0.2, 0.25) is 0 Å². The molecule has 0 heterocycles. The molecule has 1 saturated carbocycles. The van der Waals surface area contributed by atoms with Crippen LogP contribution in [0.3, 0.4) is 0 Å². The zero-order chi connectivity index (χ0) is 11.3. The van der Waals surface area contributed by atoms with E-state index in [-0.39, 0.29) is 0 Å². The van der Waals surface area contributed by atoms with Crippen LogP contribution in [-0.2, 0) is 30.4 Å². The first-order valence-electron chi connectivity index (χ1n) is 3.51. The topological polar surface area (TPSA) is 51.2 Å². The predicted octanol–water partition coefficient (Wildman–Crippen LogP) is 1.09. The fraction of sp³-hybridized carbons (Fsp3) is 0.667. The Balaban J connectivity index is -0.000000144. The van der Waals surface area contributed by atoms with E-state index in [0.29, 0.717) is 4.31 Å². The molecule has 0 amide bonds. The minimum Gasteiger partial charge on any atom is -0.281 e. The minimum atomic E-state index is 0.507. The molecule has 6 radical (unpaired) electrons. The third kappa shape index (κ3) is 14.4. The summed E-state index contributed by atoms with van der Waals surface area (Å²) in [5.74, 6) is 0. The van der Waals surface area contributed by atoms with Gasteiger partial charge in [0.1, 0.15) is 0 Å². The second-order valence-electron chi connectivity index (χ2n) is 2.62. The van der Waals surface area contributed by atoms with Crippen molar-refractivity contribution in [3.8, 4) is 0 Å². The van der Waals surface area contributed by atoms with Crippen molar-refractivity contribution in [1.29, 1.82) is 0 Å². The molecule has 0 aromatic carbocycles. The molecule has 4 heteroatoms. The van der Waals surface area contributed by atoms with Gasteiger partial charge in [0, 0.05) is 0 Å². The van der Waals surface area contributed by atoms with E-state index in [2.05, 4.69) is 43.3 Å². The predicted molar refractivity (Wildman–Crippen MR) is 43.9 cm³/mol. The zero-order valence-electron chi connectivity index (χ0n) is 7.43. The molecule has 1 aliphatic carbocycles. The quantitative estimate of drug-likeness (QED) is 0.576. The third-order valence-electron chi connectivity index (χ3n) is 1.65. The van der Waals surface area contributed by atoms with Gasteiger partial charge < -0.3 is 0 Å². The van der Waals surface area contributed by atoms with Crippen molar-refractivity contribution < 1.29 is 30.4 Å². The first-order valence-corrected chi connectivity index (χ1v) is 4.10. The second kappa shape index (κ2) is 14.1. The number of hydrogen-bond acceptors (Lipinski definition) is 3. The Morgan fingerprint density at radius 1 is 0.923 bits per heavy atom. The molecular formula is C9H11MnO3. The fourth-order valence-electron chi connectivity index (χ4n) is 1.11. The zero-order valence-corrected chi connectivity index (χ0v) is 8.61. The van der Waals surface area contributed by atoms with Gasteiger partial charge in [0.25, 0.3) is 20.4 Å². The third-order valence-corrected chi connectivity index (χ3v) is 2.24. The average molecular weight is 222 g/mol. The number of hydrogen-bond donors (Lipinski definition) is 0. The van der Waals surface area contributed by atoms with Crippen LogP contribution >= 0.6 is 0 Å². The Morgan fingerprint density at radius 3 is 1.23 bits per heavy atom. The minimum absolute atomic E-state index is 0.507. The molecule has 1 rings (SSSR count). The van der Waals surface area contributed by atoms with E-state index >= 15 is 0 Å². The van der Waals surface area contributed by atoms with E-state index in [1.165, 1.54) is 25.7 Å². The van der Waals surface area contributed by atoms with Crippen LogP contribution in [0.5, 0.6) is 0 Å². The molecule has 0 aromatic rings. The maximum absolute atomic E-state index is 7.50. The second-order valence-corrected chi connectivity index (χ2v) is 4.05. The van der Waals surface area contributed by atoms with E-state index in [1.54, 1.807) is 0 Å². The largest absolute Gasteiger partial charge is 0.281 e. The summed E-state index contributed by atoms with van der Waals surface area (Å²) in [7, 11) is 0. The van der Waals surface area contributed by atoms with E-state index in [0.717, 1.165) is 0 Å². The molecular weight excluding hydrogens is 211 g/mol. The average Bonchev–Trinajstić information content (AvgIpc) is 2.60.